The van der Waals surface area contributed by atoms with E-state index in [-0.39, 0.29) is 23.8 Å². The lowest BCUT2D eigenvalue weighted by atomic mass is 9.92. The predicted molar refractivity (Wildman–Crippen MR) is 120 cm³/mol. The number of nitrogens with one attached hydrogen (secondary N) is 2. The molecule has 1 aliphatic heterocycles. The van der Waals surface area contributed by atoms with Crippen molar-refractivity contribution in [3.8, 4) is 0 Å². The van der Waals surface area contributed by atoms with Crippen LogP contribution in [0.2, 0.25) is 0 Å². The molecule has 0 radical (unpaired) electrons. The van der Waals surface area contributed by atoms with Gasteiger partial charge in [0.1, 0.15) is 0 Å². The van der Waals surface area contributed by atoms with Crippen LogP contribution in [-0.2, 0) is 4.79 Å². The van der Waals surface area contributed by atoms with Crippen molar-refractivity contribution < 1.29 is 9.18 Å². The fourth-order valence-electron chi connectivity index (χ4n) is 4.15. The van der Waals surface area contributed by atoms with Crippen LogP contribution in [0.1, 0.15) is 32.6 Å². The third-order valence-electron chi connectivity index (χ3n) is 6.07. The summed E-state index contributed by atoms with van der Waals surface area (Å²) in [6.45, 7) is 4.71. The Kier molecular flexibility index (Phi) is 6.50. The number of piperazine rings is 1. The van der Waals surface area contributed by atoms with Crippen molar-refractivity contribution in [1.29, 1.82) is 0 Å². The van der Waals surface area contributed by atoms with E-state index >= 15 is 0 Å². The van der Waals surface area contributed by atoms with Gasteiger partial charge in [-0.3, -0.25) is 4.79 Å². The summed E-state index contributed by atoms with van der Waals surface area (Å²) in [4.78, 5) is 24.0. The molecule has 2 aliphatic rings. The summed E-state index contributed by atoms with van der Waals surface area (Å²) in [5.74, 6) is 0.233. The Hall–Kier alpha value is -2.94. The van der Waals surface area contributed by atoms with Gasteiger partial charge in [-0.1, -0.05) is 0 Å². The fraction of sp³-hybridized carbons (Fsp3) is 0.500. The molecule has 0 unspecified atom stereocenters. The van der Waals surface area contributed by atoms with Crippen molar-refractivity contribution >= 4 is 29.0 Å². The molecule has 1 saturated carbocycles. The molecule has 4 rings (SSSR count). The first-order valence-corrected chi connectivity index (χ1v) is 10.9. The molecule has 1 amide bonds. The first-order valence-electron chi connectivity index (χ1n) is 10.9. The van der Waals surface area contributed by atoms with Crippen LogP contribution in [-0.4, -0.2) is 59.0 Å². The maximum absolute atomic E-state index is 14.2. The summed E-state index contributed by atoms with van der Waals surface area (Å²) in [7, 11) is 0. The number of carbonyl (C=O) groups is 1. The van der Waals surface area contributed by atoms with Crippen LogP contribution < -0.4 is 21.3 Å². The Balaban J connectivity index is 1.36. The van der Waals surface area contributed by atoms with Crippen LogP contribution in [0.3, 0.4) is 0 Å². The number of amides is 1. The van der Waals surface area contributed by atoms with Crippen molar-refractivity contribution in [3.05, 3.63) is 36.3 Å². The predicted octanol–water partition coefficient (Wildman–Crippen LogP) is 2.71. The molecule has 1 aromatic heterocycles. The van der Waals surface area contributed by atoms with E-state index in [2.05, 4.69) is 25.5 Å². The van der Waals surface area contributed by atoms with Gasteiger partial charge in [-0.05, 0) is 49.9 Å². The molecule has 1 aromatic carbocycles. The van der Waals surface area contributed by atoms with Crippen molar-refractivity contribution in [2.45, 2.75) is 44.7 Å². The van der Waals surface area contributed by atoms with E-state index in [9.17, 15) is 9.18 Å². The van der Waals surface area contributed by atoms with E-state index in [4.69, 9.17) is 5.73 Å². The summed E-state index contributed by atoms with van der Waals surface area (Å²) in [5.41, 5.74) is 7.88. The second-order valence-electron chi connectivity index (χ2n) is 8.31. The summed E-state index contributed by atoms with van der Waals surface area (Å²) < 4.78 is 14.2. The number of hydrogen-bond acceptors (Lipinski definition) is 7. The average Bonchev–Trinajstić information content (AvgIpc) is 2.78. The molecule has 2 heterocycles. The van der Waals surface area contributed by atoms with Gasteiger partial charge in [-0.2, -0.15) is 4.98 Å². The molecule has 9 heteroatoms. The minimum Gasteiger partial charge on any atom is -0.368 e. The van der Waals surface area contributed by atoms with Crippen molar-refractivity contribution in [3.63, 3.8) is 0 Å². The molecule has 0 bridgehead atoms. The minimum absolute atomic E-state index is 0.124. The van der Waals surface area contributed by atoms with Gasteiger partial charge in [-0.15, -0.1) is 0 Å². The Morgan fingerprint density at radius 2 is 1.77 bits per heavy atom. The van der Waals surface area contributed by atoms with Gasteiger partial charge in [-0.25, -0.2) is 9.37 Å². The van der Waals surface area contributed by atoms with E-state index in [1.54, 1.807) is 6.92 Å². The normalized spacial score (nSPS) is 21.6. The number of hydrogen-bond donors (Lipinski definition) is 3. The Labute approximate surface area is 182 Å². The monoisotopic (exact) mass is 427 g/mol. The zero-order valence-corrected chi connectivity index (χ0v) is 17.9. The van der Waals surface area contributed by atoms with E-state index in [1.165, 1.54) is 6.20 Å². The van der Waals surface area contributed by atoms with Crippen LogP contribution in [0, 0.1) is 5.82 Å². The average molecular weight is 428 g/mol. The minimum atomic E-state index is -0.458. The number of rotatable bonds is 5. The highest BCUT2D eigenvalue weighted by Gasteiger charge is 2.21. The topological polar surface area (TPSA) is 99.4 Å². The van der Waals surface area contributed by atoms with Crippen LogP contribution in [0.15, 0.2) is 30.5 Å². The van der Waals surface area contributed by atoms with E-state index in [0.29, 0.717) is 5.95 Å². The lowest BCUT2D eigenvalue weighted by Gasteiger charge is -2.35. The zero-order valence-electron chi connectivity index (χ0n) is 17.9. The summed E-state index contributed by atoms with van der Waals surface area (Å²) in [6.07, 6.45) is 4.89. The van der Waals surface area contributed by atoms with Gasteiger partial charge in [0.2, 0.25) is 11.9 Å². The summed E-state index contributed by atoms with van der Waals surface area (Å²) in [5, 5.41) is 6.35. The standard InChI is InChI=1S/C22H30FN7O/c1-15(31)29-10-12-30(13-11-29)19-8-6-18(7-9-19)27-22-25-14-20(23)21(28-22)26-17-4-2-16(24)3-5-17/h6-9,14,16-17H,2-5,10-13,24H2,1H3,(H2,25,26,27,28). The lowest BCUT2D eigenvalue weighted by molar-refractivity contribution is -0.129. The molecule has 31 heavy (non-hydrogen) atoms. The van der Waals surface area contributed by atoms with Crippen LogP contribution in [0.5, 0.6) is 0 Å². The quantitative estimate of drug-likeness (QED) is 0.675. The SMILES string of the molecule is CC(=O)N1CCN(c2ccc(Nc3ncc(F)c(NC4CCC(N)CC4)n3)cc2)CC1. The number of carbonyl (C=O) groups excluding carboxylic acids is 1. The molecule has 1 aliphatic carbocycles. The fourth-order valence-corrected chi connectivity index (χ4v) is 4.15. The van der Waals surface area contributed by atoms with Crippen LogP contribution in [0.4, 0.5) is 27.5 Å². The van der Waals surface area contributed by atoms with E-state index in [1.807, 2.05) is 29.2 Å². The molecule has 4 N–H and O–H groups in total. The highest BCUT2D eigenvalue weighted by atomic mass is 19.1. The van der Waals surface area contributed by atoms with Gasteiger partial charge in [0.25, 0.3) is 0 Å². The number of nitrogens with zero attached hydrogens (tertiary/aromatic N) is 4. The van der Waals surface area contributed by atoms with Gasteiger partial charge in [0.05, 0.1) is 6.20 Å². The maximum atomic E-state index is 14.2. The van der Waals surface area contributed by atoms with Gasteiger partial charge < -0.3 is 26.2 Å². The Bertz CT molecular complexity index is 891. The van der Waals surface area contributed by atoms with E-state index < -0.39 is 5.82 Å². The van der Waals surface area contributed by atoms with Crippen molar-refractivity contribution in [2.75, 3.05) is 41.7 Å². The summed E-state index contributed by atoms with van der Waals surface area (Å²) in [6, 6.07) is 8.38. The molecular formula is C22H30FN7O. The van der Waals surface area contributed by atoms with Gasteiger partial charge in [0, 0.05) is 56.6 Å². The molecule has 1 saturated heterocycles. The lowest BCUT2D eigenvalue weighted by Crippen LogP contribution is -2.48. The first-order chi connectivity index (χ1) is 15.0. The Morgan fingerprint density at radius 3 is 2.42 bits per heavy atom. The van der Waals surface area contributed by atoms with E-state index in [0.717, 1.165) is 63.2 Å². The second-order valence-corrected chi connectivity index (χ2v) is 8.31. The third kappa shape index (κ3) is 5.41. The van der Waals surface area contributed by atoms with Gasteiger partial charge >= 0.3 is 0 Å². The number of nitrogens with two attached hydrogens (primary N) is 1. The van der Waals surface area contributed by atoms with Crippen LogP contribution in [0.25, 0.3) is 0 Å². The zero-order chi connectivity index (χ0) is 21.8. The van der Waals surface area contributed by atoms with Crippen molar-refractivity contribution in [1.82, 2.24) is 14.9 Å². The first kappa shape index (κ1) is 21.3. The highest BCUT2D eigenvalue weighted by molar-refractivity contribution is 5.73. The molecule has 2 aromatic rings. The number of benzene rings is 1. The molecule has 2 fully saturated rings. The molecule has 0 spiro atoms. The molecular weight excluding hydrogens is 397 g/mol. The van der Waals surface area contributed by atoms with Gasteiger partial charge in [0.15, 0.2) is 11.6 Å². The number of halogens is 1. The molecule has 166 valence electrons. The van der Waals surface area contributed by atoms with Crippen molar-refractivity contribution in [2.24, 2.45) is 5.73 Å². The third-order valence-corrected chi connectivity index (χ3v) is 6.07. The largest absolute Gasteiger partial charge is 0.368 e. The smallest absolute Gasteiger partial charge is 0.229 e. The second kappa shape index (κ2) is 9.47. The number of aromatic nitrogens is 2. The maximum Gasteiger partial charge on any atom is 0.229 e. The van der Waals surface area contributed by atoms with Crippen LogP contribution >= 0.6 is 0 Å². The molecule has 8 nitrogen and oxygen atoms in total. The molecule has 0 atom stereocenters. The highest BCUT2D eigenvalue weighted by Crippen LogP contribution is 2.24. The summed E-state index contributed by atoms with van der Waals surface area (Å²) >= 11 is 0. The number of anilines is 4. The Morgan fingerprint density at radius 1 is 1.10 bits per heavy atom.